The molecule has 178 valence electrons. The zero-order valence-electron chi connectivity index (χ0n) is 18.6. The first-order valence-electron chi connectivity index (χ1n) is 10.1. The van der Waals surface area contributed by atoms with E-state index >= 15 is 0 Å². The Morgan fingerprint density at radius 3 is 2.47 bits per heavy atom. The first kappa shape index (κ1) is 25.6. The molecular weight excluding hydrogens is 503 g/mol. The summed E-state index contributed by atoms with van der Waals surface area (Å²) in [6.45, 7) is 3.48. The average molecular weight is 524 g/mol. The number of carbonyl (C=O) groups excluding carboxylic acids is 1. The van der Waals surface area contributed by atoms with Crippen LogP contribution in [-0.2, 0) is 20.9 Å². The van der Waals surface area contributed by atoms with E-state index in [0.29, 0.717) is 21.9 Å². The molecule has 1 aliphatic rings. The molecule has 10 heteroatoms. The summed E-state index contributed by atoms with van der Waals surface area (Å²) in [5.41, 5.74) is 7.47. The van der Waals surface area contributed by atoms with Gasteiger partial charge < -0.3 is 24.7 Å². The lowest BCUT2D eigenvalue weighted by molar-refractivity contribution is -0.139. The molecule has 1 aliphatic heterocycles. The highest BCUT2D eigenvalue weighted by molar-refractivity contribution is 6.40. The fourth-order valence-corrected chi connectivity index (χ4v) is 4.52. The van der Waals surface area contributed by atoms with E-state index in [1.165, 1.54) is 19.2 Å². The van der Waals surface area contributed by atoms with Crippen LogP contribution >= 0.6 is 34.8 Å². The third-order valence-corrected chi connectivity index (χ3v) is 5.85. The minimum Gasteiger partial charge on any atom is -0.496 e. The summed E-state index contributed by atoms with van der Waals surface area (Å²) >= 11 is 18.4. The van der Waals surface area contributed by atoms with Crippen LogP contribution < -0.4 is 15.2 Å². The van der Waals surface area contributed by atoms with Gasteiger partial charge in [0.2, 0.25) is 5.88 Å². The van der Waals surface area contributed by atoms with Crippen molar-refractivity contribution in [2.75, 3.05) is 13.7 Å². The normalized spacial score (nSPS) is 15.5. The number of esters is 1. The molecule has 34 heavy (non-hydrogen) atoms. The standard InChI is InChI=1S/C24H21Cl3N2O5/c1-4-32-24(30)20-12(2)34-23(29)16(10-28)21(20)13-5-6-19(31-3)14(7-13)11-33-22-17(26)8-15(25)9-18(22)27/h5-9,21H,4,11,29H2,1-3H3. The molecule has 2 N–H and O–H groups in total. The number of rotatable bonds is 7. The zero-order chi connectivity index (χ0) is 25.0. The Morgan fingerprint density at radius 1 is 1.21 bits per heavy atom. The second-order valence-electron chi connectivity index (χ2n) is 7.17. The van der Waals surface area contributed by atoms with Gasteiger partial charge in [-0.2, -0.15) is 5.26 Å². The van der Waals surface area contributed by atoms with E-state index in [2.05, 4.69) is 6.07 Å². The Kier molecular flexibility index (Phi) is 8.21. The van der Waals surface area contributed by atoms with E-state index < -0.39 is 11.9 Å². The lowest BCUT2D eigenvalue weighted by Crippen LogP contribution is -2.25. The average Bonchev–Trinajstić information content (AvgIpc) is 2.77. The van der Waals surface area contributed by atoms with Crippen molar-refractivity contribution < 1.29 is 23.7 Å². The summed E-state index contributed by atoms with van der Waals surface area (Å²) in [6, 6.07) is 10.3. The molecule has 1 atom stereocenters. The van der Waals surface area contributed by atoms with Gasteiger partial charge in [-0.15, -0.1) is 0 Å². The van der Waals surface area contributed by atoms with Crippen molar-refractivity contribution in [1.29, 1.82) is 5.26 Å². The second-order valence-corrected chi connectivity index (χ2v) is 8.42. The van der Waals surface area contributed by atoms with E-state index in [4.69, 9.17) is 59.5 Å². The van der Waals surface area contributed by atoms with Gasteiger partial charge in [0.05, 0.1) is 35.3 Å². The fourth-order valence-electron chi connectivity index (χ4n) is 3.60. The van der Waals surface area contributed by atoms with Crippen molar-refractivity contribution in [1.82, 2.24) is 0 Å². The van der Waals surface area contributed by atoms with Crippen LogP contribution in [0, 0.1) is 11.3 Å². The molecule has 3 rings (SSSR count). The van der Waals surface area contributed by atoms with Crippen molar-refractivity contribution in [2.24, 2.45) is 5.73 Å². The molecule has 0 saturated heterocycles. The minimum absolute atomic E-state index is 0.0276. The van der Waals surface area contributed by atoms with Crippen molar-refractivity contribution in [3.05, 3.63) is 79.3 Å². The van der Waals surface area contributed by atoms with E-state index in [0.717, 1.165) is 0 Å². The molecule has 2 aromatic rings. The van der Waals surface area contributed by atoms with Gasteiger partial charge in [-0.1, -0.05) is 40.9 Å². The lowest BCUT2D eigenvalue weighted by atomic mass is 9.82. The molecule has 0 spiro atoms. The summed E-state index contributed by atoms with van der Waals surface area (Å²) in [6.07, 6.45) is 0. The number of methoxy groups -OCH3 is 1. The van der Waals surface area contributed by atoms with Crippen LogP contribution in [-0.4, -0.2) is 19.7 Å². The molecule has 2 aromatic carbocycles. The van der Waals surface area contributed by atoms with Gasteiger partial charge in [-0.05, 0) is 43.7 Å². The Bertz CT molecular complexity index is 1210. The van der Waals surface area contributed by atoms with Crippen LogP contribution in [0.4, 0.5) is 0 Å². The molecule has 0 radical (unpaired) electrons. The van der Waals surface area contributed by atoms with Crippen LogP contribution in [0.5, 0.6) is 11.5 Å². The molecule has 0 bridgehead atoms. The number of carbonyl (C=O) groups is 1. The zero-order valence-corrected chi connectivity index (χ0v) is 20.8. The lowest BCUT2D eigenvalue weighted by Gasteiger charge is -2.27. The third-order valence-electron chi connectivity index (χ3n) is 5.07. The number of nitriles is 1. The van der Waals surface area contributed by atoms with E-state index in [9.17, 15) is 10.1 Å². The maximum atomic E-state index is 12.8. The van der Waals surface area contributed by atoms with E-state index in [1.54, 1.807) is 32.0 Å². The van der Waals surface area contributed by atoms with Gasteiger partial charge in [-0.25, -0.2) is 4.79 Å². The van der Waals surface area contributed by atoms with Gasteiger partial charge in [0.15, 0.2) is 5.75 Å². The Labute approximate surface area is 212 Å². The molecule has 1 heterocycles. The Balaban J connectivity index is 2.05. The molecule has 7 nitrogen and oxygen atoms in total. The Morgan fingerprint density at radius 2 is 1.88 bits per heavy atom. The van der Waals surface area contributed by atoms with E-state index in [-0.39, 0.29) is 51.8 Å². The number of benzene rings is 2. The SMILES string of the molecule is CCOC(=O)C1=C(C)OC(N)=C(C#N)C1c1ccc(OC)c(COc2c(Cl)cc(Cl)cc2Cl)c1. The first-order valence-corrected chi connectivity index (χ1v) is 11.2. The highest BCUT2D eigenvalue weighted by Crippen LogP contribution is 2.41. The summed E-state index contributed by atoms with van der Waals surface area (Å²) in [5.74, 6) is -0.439. The fraction of sp³-hybridized carbons (Fsp3) is 0.250. The largest absolute Gasteiger partial charge is 0.496 e. The number of nitrogens with zero attached hydrogens (tertiary/aromatic N) is 1. The third kappa shape index (κ3) is 5.20. The first-order chi connectivity index (χ1) is 16.2. The Hall–Kier alpha value is -3.05. The minimum atomic E-state index is -0.801. The van der Waals surface area contributed by atoms with Crippen molar-refractivity contribution in [2.45, 2.75) is 26.4 Å². The maximum Gasteiger partial charge on any atom is 0.338 e. The number of hydrogen-bond donors (Lipinski definition) is 1. The van der Waals surface area contributed by atoms with Crippen molar-refractivity contribution >= 4 is 40.8 Å². The number of halogens is 3. The molecule has 0 aliphatic carbocycles. The maximum absolute atomic E-state index is 12.8. The van der Waals surface area contributed by atoms with Crippen LogP contribution in [0.25, 0.3) is 0 Å². The molecule has 0 amide bonds. The van der Waals surface area contributed by atoms with Crippen molar-refractivity contribution in [3.63, 3.8) is 0 Å². The molecular formula is C24H21Cl3N2O5. The summed E-state index contributed by atoms with van der Waals surface area (Å²) in [5, 5.41) is 10.7. The summed E-state index contributed by atoms with van der Waals surface area (Å²) < 4.78 is 22.0. The molecule has 0 fully saturated rings. The smallest absolute Gasteiger partial charge is 0.338 e. The number of nitrogens with two attached hydrogens (primary N) is 1. The van der Waals surface area contributed by atoms with Gasteiger partial charge in [0.1, 0.15) is 29.8 Å². The van der Waals surface area contributed by atoms with Gasteiger partial charge >= 0.3 is 5.97 Å². The van der Waals surface area contributed by atoms with Gasteiger partial charge in [-0.3, -0.25) is 0 Å². The highest BCUT2D eigenvalue weighted by atomic mass is 35.5. The van der Waals surface area contributed by atoms with Crippen molar-refractivity contribution in [3.8, 4) is 17.6 Å². The molecule has 0 saturated carbocycles. The van der Waals surface area contributed by atoms with Crippen LogP contribution in [0.2, 0.25) is 15.1 Å². The predicted octanol–water partition coefficient (Wildman–Crippen LogP) is 5.88. The monoisotopic (exact) mass is 522 g/mol. The molecule has 1 unspecified atom stereocenters. The quantitative estimate of drug-likeness (QED) is 0.452. The highest BCUT2D eigenvalue weighted by Gasteiger charge is 2.36. The van der Waals surface area contributed by atoms with Crippen LogP contribution in [0.3, 0.4) is 0 Å². The van der Waals surface area contributed by atoms with E-state index in [1.807, 2.05) is 0 Å². The summed E-state index contributed by atoms with van der Waals surface area (Å²) in [4.78, 5) is 12.8. The molecule has 0 aromatic heterocycles. The number of hydrogen-bond acceptors (Lipinski definition) is 7. The van der Waals surface area contributed by atoms with Crippen LogP contribution in [0.15, 0.2) is 53.1 Å². The number of allylic oxidation sites excluding steroid dienone is 2. The second kappa shape index (κ2) is 10.9. The van der Waals surface area contributed by atoms with Crippen LogP contribution in [0.1, 0.15) is 30.9 Å². The van der Waals surface area contributed by atoms with Gasteiger partial charge in [0, 0.05) is 10.6 Å². The predicted molar refractivity (Wildman–Crippen MR) is 129 cm³/mol. The summed E-state index contributed by atoms with van der Waals surface area (Å²) in [7, 11) is 1.52. The topological polar surface area (TPSA) is 104 Å². The number of ether oxygens (including phenoxy) is 4. The van der Waals surface area contributed by atoms with Gasteiger partial charge in [0.25, 0.3) is 0 Å².